The van der Waals surface area contributed by atoms with E-state index in [1.54, 1.807) is 18.2 Å². The monoisotopic (exact) mass is 504 g/mol. The number of carbonyl (C=O) groups is 1. The van der Waals surface area contributed by atoms with Crippen LogP contribution in [0.15, 0.2) is 48.8 Å². The molecule has 0 amide bonds. The van der Waals surface area contributed by atoms with Crippen molar-refractivity contribution in [3.8, 4) is 11.8 Å². The molecule has 2 aromatic carbocycles. The number of aromatic nitrogens is 2. The van der Waals surface area contributed by atoms with Crippen molar-refractivity contribution in [3.63, 3.8) is 0 Å². The zero-order valence-electron chi connectivity index (χ0n) is 21.0. The topological polar surface area (TPSA) is 58.1 Å². The molecule has 2 heterocycles. The van der Waals surface area contributed by atoms with E-state index in [4.69, 9.17) is 11.6 Å². The zero-order valence-corrected chi connectivity index (χ0v) is 21.8. The standard InChI is InChI=1S/C29H30ClFN4O/c1-19(2)8-9-22(36)14-21-15-23-26(16-20(21)10-11-29(3)12-13-35(4)17-29)32-18-33-28(23)34-25-7-5-6-24(30)27(25)31/h5-9,15-16,18-19H,12-14,17H2,1-4H3,(H,32,33,34)/b9-8+/t29-/m0/s1. The molecule has 0 spiro atoms. The number of anilines is 2. The molecular formula is C29H30ClFN4O. The van der Waals surface area contributed by atoms with E-state index in [2.05, 4.69) is 46.0 Å². The molecule has 1 saturated heterocycles. The summed E-state index contributed by atoms with van der Waals surface area (Å²) in [4.78, 5) is 23.8. The molecule has 1 N–H and O–H groups in total. The van der Waals surface area contributed by atoms with Crippen LogP contribution in [0.1, 0.15) is 38.3 Å². The lowest BCUT2D eigenvalue weighted by Crippen LogP contribution is -2.20. The predicted octanol–water partition coefficient (Wildman–Crippen LogP) is 6.18. The van der Waals surface area contributed by atoms with E-state index in [1.807, 2.05) is 32.1 Å². The van der Waals surface area contributed by atoms with Crippen LogP contribution in [-0.4, -0.2) is 40.8 Å². The first kappa shape index (κ1) is 25.8. The Morgan fingerprint density at radius 2 is 2.14 bits per heavy atom. The zero-order chi connectivity index (χ0) is 25.9. The smallest absolute Gasteiger partial charge is 0.165 e. The van der Waals surface area contributed by atoms with E-state index in [0.717, 1.165) is 30.6 Å². The summed E-state index contributed by atoms with van der Waals surface area (Å²) >= 11 is 5.95. The Hall–Kier alpha value is -3.27. The van der Waals surface area contributed by atoms with Gasteiger partial charge < -0.3 is 10.2 Å². The van der Waals surface area contributed by atoms with Crippen LogP contribution in [0.4, 0.5) is 15.9 Å². The van der Waals surface area contributed by atoms with E-state index in [9.17, 15) is 9.18 Å². The Morgan fingerprint density at radius 3 is 2.86 bits per heavy atom. The van der Waals surface area contributed by atoms with Crippen molar-refractivity contribution < 1.29 is 9.18 Å². The van der Waals surface area contributed by atoms with Crippen LogP contribution in [0, 0.1) is 29.0 Å². The van der Waals surface area contributed by atoms with Crippen LogP contribution in [0.3, 0.4) is 0 Å². The van der Waals surface area contributed by atoms with Crippen molar-refractivity contribution in [2.45, 2.75) is 33.6 Å². The average Bonchev–Trinajstić information content (AvgIpc) is 3.18. The second kappa shape index (κ2) is 10.8. The van der Waals surface area contributed by atoms with E-state index in [0.29, 0.717) is 16.7 Å². The third-order valence-electron chi connectivity index (χ3n) is 6.26. The molecule has 3 aromatic rings. The van der Waals surface area contributed by atoms with Crippen molar-refractivity contribution in [3.05, 3.63) is 70.8 Å². The summed E-state index contributed by atoms with van der Waals surface area (Å²) in [5, 5.41) is 3.72. The number of fused-ring (bicyclic) bond motifs is 1. The molecule has 0 unspecified atom stereocenters. The number of nitrogens with one attached hydrogen (secondary N) is 1. The molecule has 36 heavy (non-hydrogen) atoms. The first-order chi connectivity index (χ1) is 17.1. The SMILES string of the molecule is CC(C)/C=C/C(=O)Cc1cc2c(Nc3cccc(Cl)c3F)ncnc2cc1C#C[C@@]1(C)CCN(C)C1. The van der Waals surface area contributed by atoms with Gasteiger partial charge in [0.1, 0.15) is 12.1 Å². The van der Waals surface area contributed by atoms with Crippen LogP contribution in [-0.2, 0) is 11.2 Å². The Morgan fingerprint density at radius 1 is 1.33 bits per heavy atom. The van der Waals surface area contributed by atoms with E-state index >= 15 is 0 Å². The highest BCUT2D eigenvalue weighted by atomic mass is 35.5. The van der Waals surface area contributed by atoms with E-state index in [1.165, 1.54) is 12.4 Å². The van der Waals surface area contributed by atoms with Gasteiger partial charge in [-0.15, -0.1) is 0 Å². The van der Waals surface area contributed by atoms with Gasteiger partial charge in [-0.25, -0.2) is 14.4 Å². The van der Waals surface area contributed by atoms with Crippen molar-refractivity contribution in [2.75, 3.05) is 25.5 Å². The minimum Gasteiger partial charge on any atom is -0.337 e. The van der Waals surface area contributed by atoms with Gasteiger partial charge in [-0.1, -0.05) is 49.4 Å². The molecular weight excluding hydrogens is 475 g/mol. The number of benzene rings is 2. The molecule has 7 heteroatoms. The molecule has 1 fully saturated rings. The van der Waals surface area contributed by atoms with E-state index in [-0.39, 0.29) is 34.2 Å². The van der Waals surface area contributed by atoms with Gasteiger partial charge in [0.25, 0.3) is 0 Å². The van der Waals surface area contributed by atoms with Crippen LogP contribution in [0.5, 0.6) is 0 Å². The summed E-state index contributed by atoms with van der Waals surface area (Å²) in [7, 11) is 2.10. The lowest BCUT2D eigenvalue weighted by atomic mass is 9.89. The van der Waals surface area contributed by atoms with Gasteiger partial charge in [-0.05, 0) is 68.8 Å². The van der Waals surface area contributed by atoms with Crippen LogP contribution in [0.2, 0.25) is 5.02 Å². The summed E-state index contributed by atoms with van der Waals surface area (Å²) in [6.45, 7) is 8.14. The summed E-state index contributed by atoms with van der Waals surface area (Å²) in [5.41, 5.74) is 2.31. The lowest BCUT2D eigenvalue weighted by molar-refractivity contribution is -0.114. The number of carbonyl (C=O) groups excluding carboxylic acids is 1. The van der Waals surface area contributed by atoms with Crippen LogP contribution in [0.25, 0.3) is 10.9 Å². The Labute approximate surface area is 216 Å². The van der Waals surface area contributed by atoms with Crippen molar-refractivity contribution >= 4 is 39.8 Å². The molecule has 1 aliphatic rings. The normalized spacial score (nSPS) is 18.1. The highest BCUT2D eigenvalue weighted by Crippen LogP contribution is 2.31. The predicted molar refractivity (Wildman–Crippen MR) is 144 cm³/mol. The minimum atomic E-state index is -0.558. The van der Waals surface area contributed by atoms with Gasteiger partial charge in [-0.3, -0.25) is 4.79 Å². The third kappa shape index (κ3) is 6.10. The Kier molecular flexibility index (Phi) is 7.73. The van der Waals surface area contributed by atoms with Crippen LogP contribution >= 0.6 is 11.6 Å². The summed E-state index contributed by atoms with van der Waals surface area (Å²) in [5.74, 6) is 6.95. The fourth-order valence-corrected chi connectivity index (χ4v) is 4.47. The molecule has 0 radical (unpaired) electrons. The van der Waals surface area contributed by atoms with Crippen molar-refractivity contribution in [1.82, 2.24) is 14.9 Å². The fourth-order valence-electron chi connectivity index (χ4n) is 4.30. The number of rotatable bonds is 6. The highest BCUT2D eigenvalue weighted by Gasteiger charge is 2.30. The van der Waals surface area contributed by atoms with Crippen molar-refractivity contribution in [2.24, 2.45) is 11.3 Å². The van der Waals surface area contributed by atoms with Gasteiger partial charge in [0.2, 0.25) is 0 Å². The van der Waals surface area contributed by atoms with Gasteiger partial charge in [-0.2, -0.15) is 0 Å². The second-order valence-corrected chi connectivity index (χ2v) is 10.4. The number of halogens is 2. The van der Waals surface area contributed by atoms with Crippen LogP contribution < -0.4 is 5.32 Å². The minimum absolute atomic E-state index is 0.00912. The molecule has 1 atom stereocenters. The molecule has 0 saturated carbocycles. The van der Waals surface area contributed by atoms with E-state index < -0.39 is 5.82 Å². The lowest BCUT2D eigenvalue weighted by Gasteiger charge is -2.16. The number of hydrogen-bond donors (Lipinski definition) is 1. The third-order valence-corrected chi connectivity index (χ3v) is 6.55. The van der Waals surface area contributed by atoms with Gasteiger partial charge in [0.15, 0.2) is 11.6 Å². The average molecular weight is 505 g/mol. The first-order valence-corrected chi connectivity index (χ1v) is 12.4. The maximum atomic E-state index is 14.6. The Balaban J connectivity index is 1.78. The molecule has 0 aliphatic carbocycles. The second-order valence-electron chi connectivity index (χ2n) is 10.0. The van der Waals surface area contributed by atoms with Gasteiger partial charge in [0, 0.05) is 29.3 Å². The van der Waals surface area contributed by atoms with Gasteiger partial charge in [0.05, 0.1) is 16.2 Å². The first-order valence-electron chi connectivity index (χ1n) is 12.0. The number of nitrogens with zero attached hydrogens (tertiary/aromatic N) is 3. The number of ketones is 1. The van der Waals surface area contributed by atoms with Gasteiger partial charge >= 0.3 is 0 Å². The number of allylic oxidation sites excluding steroid dienone is 2. The number of hydrogen-bond acceptors (Lipinski definition) is 5. The molecule has 1 aromatic heterocycles. The fraction of sp³-hybridized carbons (Fsp3) is 0.345. The molecule has 0 bridgehead atoms. The largest absolute Gasteiger partial charge is 0.337 e. The molecule has 1 aliphatic heterocycles. The highest BCUT2D eigenvalue weighted by molar-refractivity contribution is 6.31. The Bertz CT molecular complexity index is 1390. The maximum absolute atomic E-state index is 14.6. The van der Waals surface area contributed by atoms with Crippen molar-refractivity contribution in [1.29, 1.82) is 0 Å². The summed E-state index contributed by atoms with van der Waals surface area (Å²) < 4.78 is 14.6. The summed E-state index contributed by atoms with van der Waals surface area (Å²) in [6.07, 6.45) is 6.13. The molecule has 4 rings (SSSR count). The molecule has 5 nitrogen and oxygen atoms in total. The summed E-state index contributed by atoms with van der Waals surface area (Å²) in [6, 6.07) is 8.52. The maximum Gasteiger partial charge on any atom is 0.165 e. The number of likely N-dealkylation sites (tertiary alicyclic amines) is 1. The quantitative estimate of drug-likeness (QED) is 0.321. The molecule has 186 valence electrons.